The van der Waals surface area contributed by atoms with Gasteiger partial charge >= 0.3 is 0 Å². The van der Waals surface area contributed by atoms with Crippen molar-refractivity contribution < 1.29 is 4.74 Å². The van der Waals surface area contributed by atoms with E-state index in [1.165, 1.54) is 0 Å². The van der Waals surface area contributed by atoms with Crippen LogP contribution in [-0.4, -0.2) is 29.0 Å². The molecule has 0 unspecified atom stereocenters. The fraction of sp³-hybridized carbons (Fsp3) is 0.176. The van der Waals surface area contributed by atoms with Gasteiger partial charge in [-0.3, -0.25) is 4.99 Å². The summed E-state index contributed by atoms with van der Waals surface area (Å²) in [5, 5.41) is 3.05. The zero-order valence-corrected chi connectivity index (χ0v) is 12.9. The summed E-state index contributed by atoms with van der Waals surface area (Å²) in [5.74, 6) is 1.19. The number of hydrogen-bond donors (Lipinski definition) is 2. The molecule has 0 fully saturated rings. The van der Waals surface area contributed by atoms with Gasteiger partial charge in [-0.2, -0.15) is 0 Å². The van der Waals surface area contributed by atoms with E-state index in [0.717, 1.165) is 29.2 Å². The van der Waals surface area contributed by atoms with E-state index in [2.05, 4.69) is 15.3 Å². The highest BCUT2D eigenvalue weighted by molar-refractivity contribution is 5.92. The minimum absolute atomic E-state index is 0.388. The molecule has 6 nitrogen and oxygen atoms in total. The smallest absolute Gasteiger partial charge is 0.193 e. The molecule has 0 saturated heterocycles. The number of imidazole rings is 1. The molecule has 0 bridgehead atoms. The second-order valence-corrected chi connectivity index (χ2v) is 5.07. The van der Waals surface area contributed by atoms with Crippen molar-refractivity contribution in [1.82, 2.24) is 9.38 Å². The van der Waals surface area contributed by atoms with Crippen LogP contribution in [0, 0.1) is 0 Å². The van der Waals surface area contributed by atoms with Crippen molar-refractivity contribution in [3.05, 3.63) is 60.6 Å². The summed E-state index contributed by atoms with van der Waals surface area (Å²) in [6.07, 6.45) is 4.74. The van der Waals surface area contributed by atoms with Crippen LogP contribution in [0.1, 0.15) is 5.69 Å². The Morgan fingerprint density at radius 1 is 1.26 bits per heavy atom. The third-order valence-corrected chi connectivity index (χ3v) is 3.43. The van der Waals surface area contributed by atoms with E-state index in [0.29, 0.717) is 12.5 Å². The molecule has 6 heteroatoms. The van der Waals surface area contributed by atoms with E-state index in [9.17, 15) is 0 Å². The number of nitrogens with one attached hydrogen (secondary N) is 1. The zero-order chi connectivity index (χ0) is 16.1. The predicted molar refractivity (Wildman–Crippen MR) is 92.0 cm³/mol. The average molecular weight is 309 g/mol. The number of ether oxygens (including phenoxy) is 1. The predicted octanol–water partition coefficient (Wildman–Crippen LogP) is 2.31. The number of anilines is 1. The Morgan fingerprint density at radius 3 is 2.83 bits per heavy atom. The fourth-order valence-corrected chi connectivity index (χ4v) is 2.26. The first-order valence-corrected chi connectivity index (χ1v) is 7.38. The molecule has 3 N–H and O–H groups in total. The van der Waals surface area contributed by atoms with Crippen LogP contribution in [0.4, 0.5) is 5.69 Å². The standard InChI is InChI=1S/C17H19N5O/c1-23-15-7-5-13(6-8-15)21-17(18)19-10-9-14-12-22-11-3-2-4-16(22)20-14/h2-8,11-12H,9-10H2,1H3,(H3,18,19,21). The Morgan fingerprint density at radius 2 is 2.09 bits per heavy atom. The van der Waals surface area contributed by atoms with Gasteiger partial charge in [-0.1, -0.05) is 6.07 Å². The van der Waals surface area contributed by atoms with Crippen molar-refractivity contribution in [2.24, 2.45) is 10.7 Å². The molecule has 0 spiro atoms. The van der Waals surface area contributed by atoms with Crippen molar-refractivity contribution in [2.45, 2.75) is 6.42 Å². The lowest BCUT2D eigenvalue weighted by molar-refractivity contribution is 0.415. The van der Waals surface area contributed by atoms with Crippen molar-refractivity contribution in [3.63, 3.8) is 0 Å². The average Bonchev–Trinajstić information content (AvgIpc) is 2.98. The Kier molecular flexibility index (Phi) is 4.42. The van der Waals surface area contributed by atoms with Gasteiger partial charge in [0.15, 0.2) is 5.96 Å². The Labute approximate surface area is 134 Å². The molecule has 2 heterocycles. The van der Waals surface area contributed by atoms with Gasteiger partial charge in [-0.15, -0.1) is 0 Å². The topological polar surface area (TPSA) is 76.9 Å². The molecule has 0 atom stereocenters. The molecule has 0 amide bonds. The molecule has 0 radical (unpaired) electrons. The minimum Gasteiger partial charge on any atom is -0.497 e. The number of methoxy groups -OCH3 is 1. The van der Waals surface area contributed by atoms with Gasteiger partial charge in [0.2, 0.25) is 0 Å². The van der Waals surface area contributed by atoms with E-state index in [4.69, 9.17) is 10.5 Å². The van der Waals surface area contributed by atoms with E-state index in [-0.39, 0.29) is 0 Å². The van der Waals surface area contributed by atoms with Crippen LogP contribution in [0.15, 0.2) is 59.9 Å². The minimum atomic E-state index is 0.388. The van der Waals surface area contributed by atoms with Crippen LogP contribution in [0.5, 0.6) is 5.75 Å². The van der Waals surface area contributed by atoms with E-state index in [1.807, 2.05) is 59.3 Å². The molecule has 0 aliphatic carbocycles. The first-order chi connectivity index (χ1) is 11.2. The van der Waals surface area contributed by atoms with Crippen LogP contribution in [-0.2, 0) is 6.42 Å². The van der Waals surface area contributed by atoms with Crippen LogP contribution >= 0.6 is 0 Å². The second-order valence-electron chi connectivity index (χ2n) is 5.07. The molecule has 0 aliphatic rings. The summed E-state index contributed by atoms with van der Waals surface area (Å²) in [7, 11) is 1.64. The van der Waals surface area contributed by atoms with Gasteiger partial charge in [-0.05, 0) is 36.4 Å². The highest BCUT2D eigenvalue weighted by atomic mass is 16.5. The molecule has 1 aromatic carbocycles. The monoisotopic (exact) mass is 309 g/mol. The highest BCUT2D eigenvalue weighted by Crippen LogP contribution is 2.14. The first kappa shape index (κ1) is 14.9. The summed E-state index contributed by atoms with van der Waals surface area (Å²) >= 11 is 0. The van der Waals surface area contributed by atoms with Gasteiger partial charge in [0.25, 0.3) is 0 Å². The summed E-state index contributed by atoms with van der Waals surface area (Å²) in [6.45, 7) is 0.582. The lowest BCUT2D eigenvalue weighted by atomic mass is 10.3. The third-order valence-electron chi connectivity index (χ3n) is 3.43. The van der Waals surface area contributed by atoms with Gasteiger partial charge in [0.05, 0.1) is 12.8 Å². The maximum Gasteiger partial charge on any atom is 0.193 e. The molecule has 3 aromatic rings. The van der Waals surface area contributed by atoms with Crippen molar-refractivity contribution in [3.8, 4) is 5.75 Å². The zero-order valence-electron chi connectivity index (χ0n) is 12.9. The number of aromatic nitrogens is 2. The summed E-state index contributed by atoms with van der Waals surface area (Å²) < 4.78 is 7.11. The largest absolute Gasteiger partial charge is 0.497 e. The molecule has 3 rings (SSSR count). The number of hydrogen-bond acceptors (Lipinski definition) is 3. The van der Waals surface area contributed by atoms with Crippen molar-refractivity contribution in [1.29, 1.82) is 0 Å². The van der Waals surface area contributed by atoms with Crippen LogP contribution < -0.4 is 15.8 Å². The Hall–Kier alpha value is -3.02. The van der Waals surface area contributed by atoms with Crippen LogP contribution in [0.2, 0.25) is 0 Å². The normalized spacial score (nSPS) is 11.6. The number of aliphatic imine (C=N–C) groups is 1. The molecule has 118 valence electrons. The lowest BCUT2D eigenvalue weighted by Gasteiger charge is -2.06. The summed E-state index contributed by atoms with van der Waals surface area (Å²) in [6, 6.07) is 13.5. The fourth-order valence-electron chi connectivity index (χ4n) is 2.26. The van der Waals surface area contributed by atoms with Gasteiger partial charge < -0.3 is 20.2 Å². The molecular formula is C17H19N5O. The number of benzene rings is 1. The van der Waals surface area contributed by atoms with E-state index >= 15 is 0 Å². The Balaban J connectivity index is 1.56. The quantitative estimate of drug-likeness (QED) is 0.560. The maximum atomic E-state index is 5.90. The number of rotatable bonds is 5. The molecule has 0 aliphatic heterocycles. The molecule has 0 saturated carbocycles. The highest BCUT2D eigenvalue weighted by Gasteiger charge is 2.01. The van der Waals surface area contributed by atoms with E-state index in [1.54, 1.807) is 7.11 Å². The first-order valence-electron chi connectivity index (χ1n) is 7.38. The lowest BCUT2D eigenvalue weighted by Crippen LogP contribution is -2.23. The number of fused-ring (bicyclic) bond motifs is 1. The van der Waals surface area contributed by atoms with Gasteiger partial charge in [0.1, 0.15) is 11.4 Å². The number of pyridine rings is 1. The van der Waals surface area contributed by atoms with E-state index < -0.39 is 0 Å². The van der Waals surface area contributed by atoms with Crippen molar-refractivity contribution >= 4 is 17.3 Å². The van der Waals surface area contributed by atoms with Crippen molar-refractivity contribution in [2.75, 3.05) is 19.0 Å². The number of nitrogens with two attached hydrogens (primary N) is 1. The van der Waals surface area contributed by atoms with Gasteiger partial charge in [0, 0.05) is 31.0 Å². The van der Waals surface area contributed by atoms with Gasteiger partial charge in [-0.25, -0.2) is 4.98 Å². The third kappa shape index (κ3) is 3.79. The second kappa shape index (κ2) is 6.83. The van der Waals surface area contributed by atoms with Crippen LogP contribution in [0.3, 0.4) is 0 Å². The SMILES string of the molecule is COc1ccc(NC(N)=NCCc2cn3ccccc3n2)cc1. The molecule has 23 heavy (non-hydrogen) atoms. The molecule has 2 aromatic heterocycles. The van der Waals surface area contributed by atoms with Crippen LogP contribution in [0.25, 0.3) is 5.65 Å². The number of nitrogens with zero attached hydrogens (tertiary/aromatic N) is 3. The maximum absolute atomic E-state index is 5.90. The molecular weight excluding hydrogens is 290 g/mol. The Bertz CT molecular complexity index is 774. The number of guanidine groups is 1. The summed E-state index contributed by atoms with van der Waals surface area (Å²) in [5.41, 5.74) is 8.71. The summed E-state index contributed by atoms with van der Waals surface area (Å²) in [4.78, 5) is 8.86.